The Morgan fingerprint density at radius 3 is 2.33 bits per heavy atom. The van der Waals surface area contributed by atoms with E-state index in [2.05, 4.69) is 12.1 Å². The number of fused-ring (bicyclic) bond motifs is 1. The highest BCUT2D eigenvalue weighted by molar-refractivity contribution is 5.81. The van der Waals surface area contributed by atoms with Gasteiger partial charge in [-0.1, -0.05) is 60.7 Å². The van der Waals surface area contributed by atoms with Crippen molar-refractivity contribution in [2.45, 2.75) is 26.0 Å². The van der Waals surface area contributed by atoms with E-state index in [9.17, 15) is 4.79 Å². The van der Waals surface area contributed by atoms with Gasteiger partial charge in [0.05, 0.1) is 0 Å². The average molecular weight is 403 g/mol. The Hall–Kier alpha value is -3.47. The molecular weight excluding hydrogens is 378 g/mol. The third-order valence-corrected chi connectivity index (χ3v) is 5.05. The van der Waals surface area contributed by atoms with Gasteiger partial charge in [0.15, 0.2) is 17.6 Å². The van der Waals surface area contributed by atoms with E-state index in [-0.39, 0.29) is 12.7 Å². The molecule has 1 heterocycles. The maximum atomic E-state index is 13.3. The molecule has 4 rings (SSSR count). The van der Waals surface area contributed by atoms with Crippen molar-refractivity contribution in [1.29, 1.82) is 0 Å². The third kappa shape index (κ3) is 4.92. The van der Waals surface area contributed by atoms with Crippen LogP contribution in [0.25, 0.3) is 0 Å². The van der Waals surface area contributed by atoms with Crippen molar-refractivity contribution in [1.82, 2.24) is 4.90 Å². The zero-order valence-electron chi connectivity index (χ0n) is 17.0. The van der Waals surface area contributed by atoms with Crippen LogP contribution in [0.1, 0.15) is 18.1 Å². The van der Waals surface area contributed by atoms with Gasteiger partial charge in [-0.05, 0) is 36.6 Å². The van der Waals surface area contributed by atoms with Gasteiger partial charge in [-0.25, -0.2) is 0 Å². The topological polar surface area (TPSA) is 48.0 Å². The number of carbonyl (C=O) groups is 1. The molecule has 3 aromatic carbocycles. The Bertz CT molecular complexity index is 975. The highest BCUT2D eigenvalue weighted by Gasteiger charge is 2.23. The lowest BCUT2D eigenvalue weighted by Gasteiger charge is -2.26. The highest BCUT2D eigenvalue weighted by atomic mass is 16.7. The van der Waals surface area contributed by atoms with Gasteiger partial charge < -0.3 is 19.1 Å². The molecule has 154 valence electrons. The molecule has 0 radical (unpaired) electrons. The Morgan fingerprint density at radius 2 is 1.60 bits per heavy atom. The maximum Gasteiger partial charge on any atom is 0.263 e. The van der Waals surface area contributed by atoms with Gasteiger partial charge >= 0.3 is 0 Å². The largest absolute Gasteiger partial charge is 0.481 e. The van der Waals surface area contributed by atoms with Crippen LogP contribution in [0.15, 0.2) is 78.9 Å². The smallest absolute Gasteiger partial charge is 0.263 e. The van der Waals surface area contributed by atoms with E-state index in [1.165, 1.54) is 5.56 Å². The maximum absolute atomic E-state index is 13.3. The van der Waals surface area contributed by atoms with Crippen molar-refractivity contribution in [3.05, 3.63) is 90.0 Å². The molecule has 1 amide bonds. The summed E-state index contributed by atoms with van der Waals surface area (Å²) in [5, 5.41) is 0. The molecule has 0 fully saturated rings. The van der Waals surface area contributed by atoms with Crippen LogP contribution in [0.4, 0.5) is 0 Å². The summed E-state index contributed by atoms with van der Waals surface area (Å²) >= 11 is 0. The van der Waals surface area contributed by atoms with Gasteiger partial charge in [-0.3, -0.25) is 4.79 Å². The first kappa shape index (κ1) is 19.8. The standard InChI is InChI=1S/C25H25NO4/c1-19(30-22-12-13-23-24(16-22)29-18-28-23)25(27)26(17-21-10-6-3-7-11-21)15-14-20-8-4-2-5-9-20/h2-13,16,19H,14-15,17-18H2,1H3. The quantitative estimate of drug-likeness (QED) is 0.557. The van der Waals surface area contributed by atoms with Gasteiger partial charge in [-0.15, -0.1) is 0 Å². The second-order valence-corrected chi connectivity index (χ2v) is 7.26. The van der Waals surface area contributed by atoms with Crippen molar-refractivity contribution in [2.24, 2.45) is 0 Å². The fourth-order valence-electron chi connectivity index (χ4n) is 3.44. The molecule has 30 heavy (non-hydrogen) atoms. The predicted molar refractivity (Wildman–Crippen MR) is 115 cm³/mol. The molecule has 3 aromatic rings. The Labute approximate surface area is 176 Å². The minimum atomic E-state index is -0.621. The van der Waals surface area contributed by atoms with Crippen molar-refractivity contribution < 1.29 is 19.0 Å². The lowest BCUT2D eigenvalue weighted by atomic mass is 10.1. The second-order valence-electron chi connectivity index (χ2n) is 7.26. The van der Waals surface area contributed by atoms with E-state index in [4.69, 9.17) is 14.2 Å². The van der Waals surface area contributed by atoms with E-state index >= 15 is 0 Å². The molecule has 1 aliphatic heterocycles. The van der Waals surface area contributed by atoms with Crippen molar-refractivity contribution in [3.63, 3.8) is 0 Å². The summed E-state index contributed by atoms with van der Waals surface area (Å²) in [5.41, 5.74) is 2.29. The van der Waals surface area contributed by atoms with Gasteiger partial charge in [0.1, 0.15) is 5.75 Å². The van der Waals surface area contributed by atoms with Crippen molar-refractivity contribution in [2.75, 3.05) is 13.3 Å². The van der Waals surface area contributed by atoms with E-state index in [1.54, 1.807) is 25.1 Å². The molecule has 0 aliphatic carbocycles. The normalized spacial score (nSPS) is 13.0. The summed E-state index contributed by atoms with van der Waals surface area (Å²) in [6.07, 6.45) is 0.167. The lowest BCUT2D eigenvalue weighted by molar-refractivity contribution is -0.138. The fraction of sp³-hybridized carbons (Fsp3) is 0.240. The Morgan fingerprint density at radius 1 is 0.933 bits per heavy atom. The number of carbonyl (C=O) groups excluding carboxylic acids is 1. The molecule has 5 nitrogen and oxygen atoms in total. The summed E-state index contributed by atoms with van der Waals surface area (Å²) in [6, 6.07) is 25.6. The molecule has 5 heteroatoms. The average Bonchev–Trinajstić information content (AvgIpc) is 3.25. The summed E-state index contributed by atoms with van der Waals surface area (Å²) in [4.78, 5) is 15.1. The molecule has 0 spiro atoms. The molecule has 1 atom stereocenters. The summed E-state index contributed by atoms with van der Waals surface area (Å²) in [5.74, 6) is 1.86. The number of hydrogen-bond acceptors (Lipinski definition) is 4. The molecule has 0 N–H and O–H groups in total. The number of ether oxygens (including phenoxy) is 3. The fourth-order valence-corrected chi connectivity index (χ4v) is 3.44. The van der Waals surface area contributed by atoms with Gasteiger partial charge in [0.25, 0.3) is 5.91 Å². The first-order valence-corrected chi connectivity index (χ1v) is 10.1. The van der Waals surface area contributed by atoms with Crippen LogP contribution in [-0.2, 0) is 17.8 Å². The number of rotatable bonds is 8. The Kier molecular flexibility index (Phi) is 6.18. The van der Waals surface area contributed by atoms with Gasteiger partial charge in [-0.2, -0.15) is 0 Å². The van der Waals surface area contributed by atoms with Crippen LogP contribution in [0.2, 0.25) is 0 Å². The first-order chi connectivity index (χ1) is 14.7. The van der Waals surface area contributed by atoms with Gasteiger partial charge in [0.2, 0.25) is 6.79 Å². The minimum absolute atomic E-state index is 0.0487. The molecule has 0 bridgehead atoms. The molecule has 0 saturated heterocycles. The zero-order chi connectivity index (χ0) is 20.8. The van der Waals surface area contributed by atoms with Crippen LogP contribution in [0, 0.1) is 0 Å². The van der Waals surface area contributed by atoms with E-state index < -0.39 is 6.10 Å². The zero-order valence-corrected chi connectivity index (χ0v) is 17.0. The van der Waals surface area contributed by atoms with Crippen LogP contribution in [0.3, 0.4) is 0 Å². The Balaban J connectivity index is 1.45. The number of nitrogens with zero attached hydrogens (tertiary/aromatic N) is 1. The predicted octanol–water partition coefficient (Wildman–Crippen LogP) is 4.45. The summed E-state index contributed by atoms with van der Waals surface area (Å²) in [6.45, 7) is 3.15. The molecular formula is C25H25NO4. The monoisotopic (exact) mass is 403 g/mol. The number of amides is 1. The number of hydrogen-bond donors (Lipinski definition) is 0. The van der Waals surface area contributed by atoms with Crippen molar-refractivity contribution in [3.8, 4) is 17.2 Å². The van der Waals surface area contributed by atoms with E-state index in [0.717, 1.165) is 12.0 Å². The molecule has 0 aromatic heterocycles. The lowest BCUT2D eigenvalue weighted by Crippen LogP contribution is -2.41. The molecule has 1 aliphatic rings. The second kappa shape index (κ2) is 9.35. The third-order valence-electron chi connectivity index (χ3n) is 5.05. The summed E-state index contributed by atoms with van der Waals surface area (Å²) < 4.78 is 16.7. The molecule has 0 saturated carbocycles. The summed E-state index contributed by atoms with van der Waals surface area (Å²) in [7, 11) is 0. The minimum Gasteiger partial charge on any atom is -0.481 e. The van der Waals surface area contributed by atoms with E-state index in [1.807, 2.05) is 53.4 Å². The first-order valence-electron chi connectivity index (χ1n) is 10.1. The van der Waals surface area contributed by atoms with Crippen LogP contribution >= 0.6 is 0 Å². The van der Waals surface area contributed by atoms with Crippen LogP contribution in [-0.4, -0.2) is 30.2 Å². The number of benzene rings is 3. The van der Waals surface area contributed by atoms with Crippen molar-refractivity contribution >= 4 is 5.91 Å². The van der Waals surface area contributed by atoms with Crippen LogP contribution < -0.4 is 14.2 Å². The SMILES string of the molecule is CC(Oc1ccc2c(c1)OCO2)C(=O)N(CCc1ccccc1)Cc1ccccc1. The van der Waals surface area contributed by atoms with Gasteiger partial charge in [0, 0.05) is 19.2 Å². The highest BCUT2D eigenvalue weighted by Crippen LogP contribution is 2.35. The van der Waals surface area contributed by atoms with Crippen LogP contribution in [0.5, 0.6) is 17.2 Å². The van der Waals surface area contributed by atoms with E-state index in [0.29, 0.717) is 30.3 Å². The molecule has 1 unspecified atom stereocenters.